The second-order valence-corrected chi connectivity index (χ2v) is 4.91. The van der Waals surface area contributed by atoms with E-state index in [1.54, 1.807) is 18.2 Å². The summed E-state index contributed by atoms with van der Waals surface area (Å²) in [6, 6.07) is 7.77. The molecule has 0 aliphatic rings. The first-order valence-electron chi connectivity index (χ1n) is 4.51. The minimum absolute atomic E-state index is 0.167. The zero-order chi connectivity index (χ0) is 11.5. The number of halogens is 2. The van der Waals surface area contributed by atoms with E-state index in [1.807, 2.05) is 20.8 Å². The topological polar surface area (TPSA) is 24.7 Å². The minimum Gasteiger partial charge on any atom is -0.219 e. The van der Waals surface area contributed by atoms with Gasteiger partial charge in [0.05, 0.1) is 27.3 Å². The van der Waals surface area contributed by atoms with Crippen molar-refractivity contribution in [2.75, 3.05) is 0 Å². The van der Waals surface area contributed by atoms with Gasteiger partial charge in [0.2, 0.25) is 0 Å². The molecule has 0 amide bonds. The lowest BCUT2D eigenvalue weighted by molar-refractivity contribution is 0.587. The molecule has 0 N–H and O–H groups in total. The molecule has 0 aliphatic carbocycles. The van der Waals surface area contributed by atoms with Crippen molar-refractivity contribution in [2.45, 2.75) is 26.3 Å². The summed E-state index contributed by atoms with van der Waals surface area (Å²) >= 11 is 11.6. The van der Waals surface area contributed by atoms with Crippen LogP contribution in [0.3, 0.4) is 0 Å². The van der Waals surface area contributed by atoms with Crippen LogP contribution in [-0.4, -0.2) is 11.5 Å². The molecule has 0 bridgehead atoms. The van der Waals surface area contributed by atoms with Crippen LogP contribution in [0.5, 0.6) is 0 Å². The molecule has 80 valence electrons. The lowest BCUT2D eigenvalue weighted by Crippen LogP contribution is -2.07. The molecule has 0 aromatic heterocycles. The highest BCUT2D eigenvalue weighted by atomic mass is 35.5. The van der Waals surface area contributed by atoms with Gasteiger partial charge in [-0.2, -0.15) is 4.99 Å². The Bertz CT molecular complexity index is 413. The van der Waals surface area contributed by atoms with Crippen molar-refractivity contribution in [3.05, 3.63) is 28.2 Å². The number of nitrogens with zero attached hydrogens (tertiary/aromatic N) is 2. The zero-order valence-corrected chi connectivity index (χ0v) is 10.4. The van der Waals surface area contributed by atoms with Gasteiger partial charge in [0.15, 0.2) is 0 Å². The van der Waals surface area contributed by atoms with Crippen LogP contribution in [0.1, 0.15) is 20.8 Å². The molecular weight excluding hydrogens is 231 g/mol. The van der Waals surface area contributed by atoms with Crippen molar-refractivity contribution < 1.29 is 0 Å². The normalized spacial score (nSPS) is 10.7. The Morgan fingerprint density at radius 1 is 1.13 bits per heavy atom. The number of benzene rings is 1. The van der Waals surface area contributed by atoms with Gasteiger partial charge in [-0.05, 0) is 39.0 Å². The third-order valence-corrected chi connectivity index (χ3v) is 2.21. The van der Waals surface area contributed by atoms with Crippen LogP contribution in [0.2, 0.25) is 10.0 Å². The third-order valence-electron chi connectivity index (χ3n) is 1.47. The SMILES string of the molecule is CC(C)(C)N=C=Nc1ccc(Cl)c(Cl)c1. The van der Waals surface area contributed by atoms with E-state index in [1.165, 1.54) is 0 Å². The molecule has 0 radical (unpaired) electrons. The molecule has 0 aliphatic heterocycles. The first-order valence-corrected chi connectivity index (χ1v) is 5.27. The molecular formula is C11H12Cl2N2. The summed E-state index contributed by atoms with van der Waals surface area (Å²) in [5.41, 5.74) is 0.525. The average molecular weight is 243 g/mol. The predicted molar refractivity (Wildman–Crippen MR) is 65.7 cm³/mol. The summed E-state index contributed by atoms with van der Waals surface area (Å²) < 4.78 is 0. The summed E-state index contributed by atoms with van der Waals surface area (Å²) in [4.78, 5) is 8.14. The van der Waals surface area contributed by atoms with Crippen LogP contribution in [0.25, 0.3) is 0 Å². The van der Waals surface area contributed by atoms with Gasteiger partial charge < -0.3 is 0 Å². The second-order valence-electron chi connectivity index (χ2n) is 4.09. The maximum absolute atomic E-state index is 5.83. The van der Waals surface area contributed by atoms with Gasteiger partial charge in [-0.15, -0.1) is 0 Å². The quantitative estimate of drug-likeness (QED) is 0.644. The van der Waals surface area contributed by atoms with E-state index in [9.17, 15) is 0 Å². The highest BCUT2D eigenvalue weighted by molar-refractivity contribution is 6.42. The number of hydrogen-bond donors (Lipinski definition) is 0. The summed E-state index contributed by atoms with van der Waals surface area (Å²) in [6.07, 6.45) is 0. The summed E-state index contributed by atoms with van der Waals surface area (Å²) in [5.74, 6) is 0. The molecule has 1 aromatic rings. The van der Waals surface area contributed by atoms with Crippen molar-refractivity contribution in [3.8, 4) is 0 Å². The van der Waals surface area contributed by atoms with Crippen molar-refractivity contribution in [3.63, 3.8) is 0 Å². The molecule has 0 saturated heterocycles. The first kappa shape index (κ1) is 12.3. The summed E-state index contributed by atoms with van der Waals surface area (Å²) in [5, 5.41) is 0.999. The zero-order valence-electron chi connectivity index (χ0n) is 8.88. The Labute approximate surface area is 99.7 Å². The van der Waals surface area contributed by atoms with Crippen LogP contribution < -0.4 is 0 Å². The molecule has 15 heavy (non-hydrogen) atoms. The fourth-order valence-electron chi connectivity index (χ4n) is 0.787. The van der Waals surface area contributed by atoms with Gasteiger partial charge in [0, 0.05) is 0 Å². The van der Waals surface area contributed by atoms with Gasteiger partial charge in [-0.1, -0.05) is 23.2 Å². The molecule has 0 unspecified atom stereocenters. The lowest BCUT2D eigenvalue weighted by Gasteiger charge is -2.06. The van der Waals surface area contributed by atoms with Gasteiger partial charge in [0.25, 0.3) is 0 Å². The Morgan fingerprint density at radius 3 is 2.33 bits per heavy atom. The molecule has 1 rings (SSSR count). The fourth-order valence-corrected chi connectivity index (χ4v) is 1.08. The van der Waals surface area contributed by atoms with Gasteiger partial charge >= 0.3 is 0 Å². The van der Waals surface area contributed by atoms with Crippen LogP contribution in [0, 0.1) is 0 Å². The maximum Gasteiger partial charge on any atom is 0.0954 e. The van der Waals surface area contributed by atoms with Gasteiger partial charge in [-0.25, -0.2) is 4.99 Å². The third kappa shape index (κ3) is 4.48. The molecule has 4 heteroatoms. The van der Waals surface area contributed by atoms with Crippen LogP contribution in [0.15, 0.2) is 28.2 Å². The predicted octanol–water partition coefficient (Wildman–Crippen LogP) is 4.60. The molecule has 2 nitrogen and oxygen atoms in total. The van der Waals surface area contributed by atoms with E-state index in [2.05, 4.69) is 16.0 Å². The van der Waals surface area contributed by atoms with E-state index in [0.29, 0.717) is 15.7 Å². The molecule has 0 atom stereocenters. The number of hydrogen-bond acceptors (Lipinski definition) is 2. The molecule has 0 fully saturated rings. The van der Waals surface area contributed by atoms with E-state index in [-0.39, 0.29) is 5.54 Å². The number of aliphatic imine (C=N–C) groups is 2. The second kappa shape index (κ2) is 4.80. The van der Waals surface area contributed by atoms with Crippen LogP contribution >= 0.6 is 23.2 Å². The highest BCUT2D eigenvalue weighted by Gasteiger charge is 2.04. The Kier molecular flexibility index (Phi) is 3.92. The maximum atomic E-state index is 5.83. The monoisotopic (exact) mass is 242 g/mol. The molecule has 0 spiro atoms. The van der Waals surface area contributed by atoms with E-state index < -0.39 is 0 Å². The van der Waals surface area contributed by atoms with Gasteiger partial charge in [0.1, 0.15) is 0 Å². The Morgan fingerprint density at radius 2 is 1.80 bits per heavy atom. The standard InChI is InChI=1S/C11H12Cl2N2/c1-11(2,3)15-7-14-8-4-5-9(12)10(13)6-8/h4-6H,1-3H3. The van der Waals surface area contributed by atoms with Crippen LogP contribution in [-0.2, 0) is 0 Å². The first-order chi connectivity index (χ1) is 6.88. The van der Waals surface area contributed by atoms with Crippen LogP contribution in [0.4, 0.5) is 5.69 Å². The minimum atomic E-state index is -0.167. The summed E-state index contributed by atoms with van der Waals surface area (Å²) in [7, 11) is 0. The van der Waals surface area contributed by atoms with Gasteiger partial charge in [-0.3, -0.25) is 0 Å². The lowest BCUT2D eigenvalue weighted by atomic mass is 10.1. The largest absolute Gasteiger partial charge is 0.219 e. The molecule has 0 heterocycles. The Balaban J connectivity index is 2.91. The highest BCUT2D eigenvalue weighted by Crippen LogP contribution is 2.26. The fraction of sp³-hybridized carbons (Fsp3) is 0.364. The number of rotatable bonds is 1. The molecule has 0 saturated carbocycles. The Hall–Kier alpha value is -0.820. The van der Waals surface area contributed by atoms with Crippen molar-refractivity contribution in [1.29, 1.82) is 0 Å². The molecule has 1 aromatic carbocycles. The van der Waals surface area contributed by atoms with Crippen molar-refractivity contribution in [1.82, 2.24) is 0 Å². The summed E-state index contributed by atoms with van der Waals surface area (Å²) in [6.45, 7) is 5.93. The van der Waals surface area contributed by atoms with Crippen molar-refractivity contribution in [2.24, 2.45) is 9.98 Å². The average Bonchev–Trinajstić information content (AvgIpc) is 2.09. The van der Waals surface area contributed by atoms with Crippen molar-refractivity contribution >= 4 is 34.9 Å². The van der Waals surface area contributed by atoms with E-state index in [0.717, 1.165) is 0 Å². The van der Waals surface area contributed by atoms with E-state index in [4.69, 9.17) is 23.2 Å². The van der Waals surface area contributed by atoms with E-state index >= 15 is 0 Å². The smallest absolute Gasteiger partial charge is 0.0954 e.